The molecule has 0 bridgehead atoms. The van der Waals surface area contributed by atoms with Gasteiger partial charge < -0.3 is 5.32 Å². The van der Waals surface area contributed by atoms with Crippen LogP contribution in [0.2, 0.25) is 0 Å². The second-order valence-electron chi connectivity index (χ2n) is 5.64. The van der Waals surface area contributed by atoms with Gasteiger partial charge in [0.05, 0.1) is 6.20 Å². The van der Waals surface area contributed by atoms with Gasteiger partial charge in [0.1, 0.15) is 6.54 Å². The van der Waals surface area contributed by atoms with Crippen LogP contribution in [0.4, 0.5) is 0 Å². The van der Waals surface area contributed by atoms with Crippen molar-refractivity contribution >= 4 is 29.1 Å². The molecule has 0 saturated carbocycles. The summed E-state index contributed by atoms with van der Waals surface area (Å²) < 4.78 is 1.76. The van der Waals surface area contributed by atoms with Gasteiger partial charge in [-0.2, -0.15) is 5.10 Å². The van der Waals surface area contributed by atoms with Gasteiger partial charge in [0.2, 0.25) is 17.7 Å². The van der Waals surface area contributed by atoms with Crippen molar-refractivity contribution < 1.29 is 14.4 Å². The third-order valence-electron chi connectivity index (χ3n) is 3.80. The van der Waals surface area contributed by atoms with E-state index >= 15 is 0 Å². The van der Waals surface area contributed by atoms with E-state index in [0.29, 0.717) is 13.0 Å². The Bertz CT molecular complexity index is 764. The Labute approximate surface area is 143 Å². The quantitative estimate of drug-likeness (QED) is 0.790. The van der Waals surface area contributed by atoms with Crippen LogP contribution >= 0.6 is 11.3 Å². The zero-order chi connectivity index (χ0) is 17.1. The highest BCUT2D eigenvalue weighted by molar-refractivity contribution is 7.15. The number of aromatic nitrogens is 2. The molecule has 1 fully saturated rings. The first-order chi connectivity index (χ1) is 11.5. The van der Waals surface area contributed by atoms with Gasteiger partial charge in [-0.15, -0.1) is 11.3 Å². The Balaban J connectivity index is 1.46. The number of imide groups is 1. The number of hydrogen-bond acceptors (Lipinski definition) is 5. The molecule has 0 aliphatic carbocycles. The molecule has 0 radical (unpaired) electrons. The molecule has 2 aromatic rings. The highest BCUT2D eigenvalue weighted by Crippen LogP contribution is 2.27. The topological polar surface area (TPSA) is 84.3 Å². The van der Waals surface area contributed by atoms with Crippen LogP contribution in [0.5, 0.6) is 0 Å². The lowest BCUT2D eigenvalue weighted by Gasteiger charge is -2.13. The summed E-state index contributed by atoms with van der Waals surface area (Å²) in [6, 6.07) is 4.08. The fourth-order valence-electron chi connectivity index (χ4n) is 2.54. The van der Waals surface area contributed by atoms with Crippen LogP contribution in [0.1, 0.15) is 17.7 Å². The van der Waals surface area contributed by atoms with E-state index in [4.69, 9.17) is 0 Å². The Kier molecular flexibility index (Phi) is 4.75. The van der Waals surface area contributed by atoms with Crippen LogP contribution in [0.15, 0.2) is 24.5 Å². The average Bonchev–Trinajstić information content (AvgIpc) is 3.24. The maximum absolute atomic E-state index is 11.8. The minimum atomic E-state index is -0.303. The maximum atomic E-state index is 11.8. The van der Waals surface area contributed by atoms with Crippen LogP contribution in [-0.4, -0.2) is 45.5 Å². The maximum Gasteiger partial charge on any atom is 0.240 e. The van der Waals surface area contributed by atoms with Crippen molar-refractivity contribution in [1.82, 2.24) is 20.0 Å². The molecule has 3 rings (SSSR count). The summed E-state index contributed by atoms with van der Waals surface area (Å²) in [4.78, 5) is 38.1. The van der Waals surface area contributed by atoms with Gasteiger partial charge in [-0.1, -0.05) is 0 Å². The standard InChI is InChI=1S/C16H18N4O3S/c1-19-9-11(8-18-19)13-3-2-12(24-13)6-7-17-14(21)10-20-15(22)4-5-16(20)23/h2-3,8-9H,4-7,10H2,1H3,(H,17,21). The Morgan fingerprint density at radius 1 is 1.29 bits per heavy atom. The number of amides is 3. The van der Waals surface area contributed by atoms with E-state index in [9.17, 15) is 14.4 Å². The summed E-state index contributed by atoms with van der Waals surface area (Å²) in [5.74, 6) is -0.841. The third kappa shape index (κ3) is 3.70. The molecule has 1 aliphatic heterocycles. The minimum absolute atomic E-state index is 0.178. The molecule has 8 heteroatoms. The van der Waals surface area contributed by atoms with E-state index in [0.717, 1.165) is 20.2 Å². The number of carbonyl (C=O) groups excluding carboxylic acids is 3. The number of nitrogens with one attached hydrogen (secondary N) is 1. The van der Waals surface area contributed by atoms with Gasteiger partial charge in [0, 0.05) is 47.9 Å². The number of rotatable bonds is 6. The normalized spacial score (nSPS) is 14.5. The van der Waals surface area contributed by atoms with Crippen molar-refractivity contribution in [3.05, 3.63) is 29.4 Å². The lowest BCUT2D eigenvalue weighted by atomic mass is 10.3. The first kappa shape index (κ1) is 16.4. The first-order valence-corrected chi connectivity index (χ1v) is 8.52. The molecule has 0 atom stereocenters. The van der Waals surface area contributed by atoms with Gasteiger partial charge in [0.25, 0.3) is 0 Å². The monoisotopic (exact) mass is 346 g/mol. The zero-order valence-electron chi connectivity index (χ0n) is 13.3. The van der Waals surface area contributed by atoms with E-state index < -0.39 is 0 Å². The summed E-state index contributed by atoms with van der Waals surface area (Å²) in [6.45, 7) is 0.297. The van der Waals surface area contributed by atoms with Crippen molar-refractivity contribution in [1.29, 1.82) is 0 Å². The number of nitrogens with zero attached hydrogens (tertiary/aromatic N) is 3. The zero-order valence-corrected chi connectivity index (χ0v) is 14.1. The fourth-order valence-corrected chi connectivity index (χ4v) is 3.52. The Morgan fingerprint density at radius 3 is 2.71 bits per heavy atom. The molecule has 2 aromatic heterocycles. The molecule has 3 amide bonds. The highest BCUT2D eigenvalue weighted by Gasteiger charge is 2.30. The number of likely N-dealkylation sites (tertiary alicyclic amines) is 1. The number of carbonyl (C=O) groups is 3. The molecule has 3 heterocycles. The lowest BCUT2D eigenvalue weighted by Crippen LogP contribution is -2.40. The number of hydrogen-bond donors (Lipinski definition) is 1. The van der Waals surface area contributed by atoms with Crippen molar-refractivity contribution in [2.24, 2.45) is 7.05 Å². The molecular weight excluding hydrogens is 328 g/mol. The summed E-state index contributed by atoms with van der Waals surface area (Å²) in [5, 5.41) is 6.91. The fraction of sp³-hybridized carbons (Fsp3) is 0.375. The molecule has 1 saturated heterocycles. The molecular formula is C16H18N4O3S. The van der Waals surface area contributed by atoms with Crippen molar-refractivity contribution in [3.8, 4) is 10.4 Å². The highest BCUT2D eigenvalue weighted by atomic mass is 32.1. The molecule has 7 nitrogen and oxygen atoms in total. The van der Waals surface area contributed by atoms with Crippen LogP contribution in [0, 0.1) is 0 Å². The molecule has 0 unspecified atom stereocenters. The predicted molar refractivity (Wildman–Crippen MR) is 89.2 cm³/mol. The van der Waals surface area contributed by atoms with Crippen LogP contribution in [0.3, 0.4) is 0 Å². The van der Waals surface area contributed by atoms with E-state index in [1.807, 2.05) is 31.6 Å². The van der Waals surface area contributed by atoms with Crippen molar-refractivity contribution in [2.75, 3.05) is 13.1 Å². The Morgan fingerprint density at radius 2 is 2.04 bits per heavy atom. The summed E-state index contributed by atoms with van der Waals surface area (Å²) in [5.41, 5.74) is 1.07. The second kappa shape index (κ2) is 6.96. The predicted octanol–water partition coefficient (Wildman–Crippen LogP) is 0.956. The smallest absolute Gasteiger partial charge is 0.240 e. The van der Waals surface area contributed by atoms with Crippen LogP contribution < -0.4 is 5.32 Å². The van der Waals surface area contributed by atoms with Crippen molar-refractivity contribution in [3.63, 3.8) is 0 Å². The average molecular weight is 346 g/mol. The molecule has 24 heavy (non-hydrogen) atoms. The van der Waals surface area contributed by atoms with E-state index in [1.165, 1.54) is 0 Å². The van der Waals surface area contributed by atoms with Crippen LogP contribution in [-0.2, 0) is 27.9 Å². The molecule has 1 N–H and O–H groups in total. The molecule has 1 aliphatic rings. The van der Waals surface area contributed by atoms with Crippen LogP contribution in [0.25, 0.3) is 10.4 Å². The van der Waals surface area contributed by atoms with Gasteiger partial charge >= 0.3 is 0 Å². The number of thiophene rings is 1. The molecule has 0 aromatic carbocycles. The van der Waals surface area contributed by atoms with E-state index in [-0.39, 0.29) is 37.1 Å². The summed E-state index contributed by atoms with van der Waals surface area (Å²) in [6.07, 6.45) is 4.90. The summed E-state index contributed by atoms with van der Waals surface area (Å²) in [7, 11) is 1.88. The van der Waals surface area contributed by atoms with Gasteiger partial charge in [0.15, 0.2) is 0 Å². The van der Waals surface area contributed by atoms with Crippen molar-refractivity contribution in [2.45, 2.75) is 19.3 Å². The summed E-state index contributed by atoms with van der Waals surface area (Å²) >= 11 is 1.66. The van der Waals surface area contributed by atoms with Gasteiger partial charge in [-0.25, -0.2) is 0 Å². The van der Waals surface area contributed by atoms with E-state index in [2.05, 4.69) is 10.4 Å². The second-order valence-corrected chi connectivity index (χ2v) is 6.81. The largest absolute Gasteiger partial charge is 0.354 e. The Hall–Kier alpha value is -2.48. The van der Waals surface area contributed by atoms with E-state index in [1.54, 1.807) is 16.0 Å². The number of aryl methyl sites for hydroxylation is 1. The first-order valence-electron chi connectivity index (χ1n) is 7.70. The SMILES string of the molecule is Cn1cc(-c2ccc(CCNC(=O)CN3C(=O)CCC3=O)s2)cn1. The minimum Gasteiger partial charge on any atom is -0.354 e. The molecule has 0 spiro atoms. The lowest BCUT2D eigenvalue weighted by molar-refractivity contribution is -0.142. The third-order valence-corrected chi connectivity index (χ3v) is 5.00. The molecule has 126 valence electrons. The van der Waals surface area contributed by atoms with Gasteiger partial charge in [-0.3, -0.25) is 24.0 Å². The van der Waals surface area contributed by atoms with Gasteiger partial charge in [-0.05, 0) is 18.6 Å².